The van der Waals surface area contributed by atoms with Crippen molar-refractivity contribution < 1.29 is 9.59 Å². The monoisotopic (exact) mass is 369 g/mol. The molecule has 27 heavy (non-hydrogen) atoms. The third-order valence-electron chi connectivity index (χ3n) is 4.28. The van der Waals surface area contributed by atoms with Gasteiger partial charge >= 0.3 is 5.69 Å². The van der Waals surface area contributed by atoms with Crippen molar-refractivity contribution >= 4 is 22.7 Å². The van der Waals surface area contributed by atoms with Gasteiger partial charge in [0.2, 0.25) is 5.91 Å². The first-order valence-corrected chi connectivity index (χ1v) is 8.25. The molecule has 0 atom stereocenters. The fraction of sp³-hybridized carbons (Fsp3) is 0.222. The highest BCUT2D eigenvalue weighted by Gasteiger charge is 2.12. The normalized spacial score (nSPS) is 10.7. The molecular formula is C18H19N5O4. The average molecular weight is 369 g/mol. The Labute approximate surface area is 153 Å². The Bertz CT molecular complexity index is 1110. The second-order valence-corrected chi connectivity index (χ2v) is 6.10. The lowest BCUT2D eigenvalue weighted by atomic mass is 10.2. The maximum atomic E-state index is 12.2. The van der Waals surface area contributed by atoms with Crippen LogP contribution in [0.5, 0.6) is 0 Å². The van der Waals surface area contributed by atoms with E-state index >= 15 is 0 Å². The van der Waals surface area contributed by atoms with E-state index < -0.39 is 23.1 Å². The summed E-state index contributed by atoms with van der Waals surface area (Å²) in [6.07, 6.45) is 0. The quantitative estimate of drug-likeness (QED) is 0.568. The van der Waals surface area contributed by atoms with Crippen LogP contribution in [0.25, 0.3) is 10.9 Å². The minimum absolute atomic E-state index is 0.00289. The molecule has 3 N–H and O–H groups in total. The molecule has 2 aromatic heterocycles. The fourth-order valence-corrected chi connectivity index (χ4v) is 2.65. The lowest BCUT2D eigenvalue weighted by Gasteiger charge is -2.10. The maximum absolute atomic E-state index is 12.2. The highest BCUT2D eigenvalue weighted by Crippen LogP contribution is 2.14. The summed E-state index contributed by atoms with van der Waals surface area (Å²) in [6, 6.07) is 10.5. The van der Waals surface area contributed by atoms with Crippen molar-refractivity contribution in [3.63, 3.8) is 0 Å². The van der Waals surface area contributed by atoms with Gasteiger partial charge in [0.25, 0.3) is 11.5 Å². The van der Waals surface area contributed by atoms with Crippen LogP contribution in [-0.4, -0.2) is 32.5 Å². The summed E-state index contributed by atoms with van der Waals surface area (Å²) in [5.41, 5.74) is 0.642. The zero-order valence-corrected chi connectivity index (χ0v) is 14.9. The molecule has 0 unspecified atom stereocenters. The number of H-pyrrole nitrogens is 1. The number of hydrogen-bond donors (Lipinski definition) is 3. The molecule has 9 heteroatoms. The minimum Gasteiger partial charge on any atom is -0.351 e. The van der Waals surface area contributed by atoms with Gasteiger partial charge in [0, 0.05) is 36.8 Å². The fourth-order valence-electron chi connectivity index (χ4n) is 2.65. The Morgan fingerprint density at radius 2 is 1.78 bits per heavy atom. The first kappa shape index (κ1) is 18.2. The number of nitrogens with zero attached hydrogens (tertiary/aromatic N) is 2. The van der Waals surface area contributed by atoms with Crippen molar-refractivity contribution in [2.45, 2.75) is 6.54 Å². The van der Waals surface area contributed by atoms with E-state index in [-0.39, 0.29) is 13.1 Å². The lowest BCUT2D eigenvalue weighted by Crippen LogP contribution is -2.41. The summed E-state index contributed by atoms with van der Waals surface area (Å²) in [7, 11) is 2.90. The van der Waals surface area contributed by atoms with Crippen LogP contribution < -0.4 is 21.9 Å². The van der Waals surface area contributed by atoms with Gasteiger partial charge in [-0.05, 0) is 12.1 Å². The molecule has 2 heterocycles. The van der Waals surface area contributed by atoms with E-state index in [1.165, 1.54) is 24.7 Å². The van der Waals surface area contributed by atoms with Gasteiger partial charge in [-0.25, -0.2) is 4.79 Å². The number of hydrogen-bond acceptors (Lipinski definition) is 4. The van der Waals surface area contributed by atoms with Crippen LogP contribution in [0.2, 0.25) is 0 Å². The molecule has 0 saturated carbocycles. The first-order chi connectivity index (χ1) is 12.9. The van der Waals surface area contributed by atoms with Crippen LogP contribution in [-0.2, 0) is 25.4 Å². The number of para-hydroxylation sites is 1. The number of amides is 2. The Kier molecular flexibility index (Phi) is 4.93. The smallest absolute Gasteiger partial charge is 0.330 e. The SMILES string of the molecule is Cn1c(CNC(=O)CNC(=O)c2cc3ccccc3[nH]2)cc(=O)n(C)c1=O. The number of nitrogens with one attached hydrogen (secondary N) is 3. The largest absolute Gasteiger partial charge is 0.351 e. The number of aromatic nitrogens is 3. The number of carbonyl (C=O) groups is 2. The molecule has 0 radical (unpaired) electrons. The zero-order chi connectivity index (χ0) is 19.6. The van der Waals surface area contributed by atoms with Gasteiger partial charge in [-0.2, -0.15) is 0 Å². The van der Waals surface area contributed by atoms with E-state index in [4.69, 9.17) is 0 Å². The zero-order valence-electron chi connectivity index (χ0n) is 14.9. The summed E-state index contributed by atoms with van der Waals surface area (Å²) in [5, 5.41) is 6.00. The summed E-state index contributed by atoms with van der Waals surface area (Å²) in [5.74, 6) is -0.838. The van der Waals surface area contributed by atoms with E-state index in [2.05, 4.69) is 15.6 Å². The molecule has 0 aliphatic rings. The van der Waals surface area contributed by atoms with E-state index in [0.717, 1.165) is 15.5 Å². The Morgan fingerprint density at radius 3 is 2.52 bits per heavy atom. The second kappa shape index (κ2) is 7.32. The number of rotatable bonds is 5. The van der Waals surface area contributed by atoms with E-state index in [1.54, 1.807) is 6.07 Å². The van der Waals surface area contributed by atoms with Crippen molar-refractivity contribution in [1.82, 2.24) is 24.8 Å². The summed E-state index contributed by atoms with van der Waals surface area (Å²) in [4.78, 5) is 50.6. The number of aromatic amines is 1. The predicted molar refractivity (Wildman–Crippen MR) is 99.4 cm³/mol. The maximum Gasteiger partial charge on any atom is 0.330 e. The van der Waals surface area contributed by atoms with Gasteiger partial charge in [-0.3, -0.25) is 23.5 Å². The molecular weight excluding hydrogens is 350 g/mol. The van der Waals surface area contributed by atoms with E-state index in [0.29, 0.717) is 11.4 Å². The molecule has 3 rings (SSSR count). The summed E-state index contributed by atoms with van der Waals surface area (Å²) >= 11 is 0. The van der Waals surface area contributed by atoms with Crippen LogP contribution in [0.3, 0.4) is 0 Å². The van der Waals surface area contributed by atoms with Gasteiger partial charge in [0.1, 0.15) is 5.69 Å². The van der Waals surface area contributed by atoms with Crippen LogP contribution in [0, 0.1) is 0 Å². The van der Waals surface area contributed by atoms with E-state index in [9.17, 15) is 19.2 Å². The van der Waals surface area contributed by atoms with Gasteiger partial charge < -0.3 is 15.6 Å². The predicted octanol–water partition coefficient (Wildman–Crippen LogP) is -0.388. The molecule has 0 spiro atoms. The van der Waals surface area contributed by atoms with Crippen LogP contribution in [0.1, 0.15) is 16.2 Å². The first-order valence-electron chi connectivity index (χ1n) is 8.25. The topological polar surface area (TPSA) is 118 Å². The van der Waals surface area contributed by atoms with Crippen molar-refractivity contribution in [3.8, 4) is 0 Å². The second-order valence-electron chi connectivity index (χ2n) is 6.10. The molecule has 3 aromatic rings. The average Bonchev–Trinajstić information content (AvgIpc) is 3.10. The number of fused-ring (bicyclic) bond motifs is 1. The lowest BCUT2D eigenvalue weighted by molar-refractivity contribution is -0.120. The van der Waals surface area contributed by atoms with E-state index in [1.807, 2.05) is 24.3 Å². The third kappa shape index (κ3) is 3.81. The molecule has 0 saturated heterocycles. The van der Waals surface area contributed by atoms with Crippen LogP contribution in [0.4, 0.5) is 0 Å². The minimum atomic E-state index is -0.473. The Hall–Kier alpha value is -3.62. The van der Waals surface area contributed by atoms with Gasteiger partial charge in [-0.15, -0.1) is 0 Å². The van der Waals surface area contributed by atoms with Gasteiger partial charge in [0.05, 0.1) is 13.1 Å². The highest BCUT2D eigenvalue weighted by atomic mass is 16.2. The van der Waals surface area contributed by atoms with Crippen molar-refractivity contribution in [2.24, 2.45) is 14.1 Å². The molecule has 0 aliphatic carbocycles. The van der Waals surface area contributed by atoms with Crippen molar-refractivity contribution in [3.05, 3.63) is 68.6 Å². The van der Waals surface area contributed by atoms with Crippen LogP contribution in [0.15, 0.2) is 46.0 Å². The molecule has 0 fully saturated rings. The van der Waals surface area contributed by atoms with Gasteiger partial charge in [-0.1, -0.05) is 18.2 Å². The highest BCUT2D eigenvalue weighted by molar-refractivity contribution is 5.99. The summed E-state index contributed by atoms with van der Waals surface area (Å²) < 4.78 is 2.26. The molecule has 0 bridgehead atoms. The number of benzene rings is 1. The molecule has 2 amide bonds. The molecule has 0 aliphatic heterocycles. The van der Waals surface area contributed by atoms with Crippen molar-refractivity contribution in [2.75, 3.05) is 6.54 Å². The summed E-state index contributed by atoms with van der Waals surface area (Å²) in [6.45, 7) is -0.226. The molecule has 140 valence electrons. The van der Waals surface area contributed by atoms with Crippen molar-refractivity contribution in [1.29, 1.82) is 0 Å². The van der Waals surface area contributed by atoms with Gasteiger partial charge in [0.15, 0.2) is 0 Å². The Balaban J connectivity index is 1.58. The Morgan fingerprint density at radius 1 is 1.04 bits per heavy atom. The standard InChI is InChI=1S/C18H19N5O4/c1-22-12(8-16(25)23(2)18(22)27)9-19-15(24)10-20-17(26)14-7-11-5-3-4-6-13(11)21-14/h3-8,21H,9-10H2,1-2H3,(H,19,24)(H,20,26). The third-order valence-corrected chi connectivity index (χ3v) is 4.28. The number of carbonyl (C=O) groups excluding carboxylic acids is 2. The molecule has 9 nitrogen and oxygen atoms in total. The molecule has 1 aromatic carbocycles. The van der Waals surface area contributed by atoms with Crippen LogP contribution >= 0.6 is 0 Å².